The second-order valence-electron chi connectivity index (χ2n) is 3.15. The van der Waals surface area contributed by atoms with Crippen molar-refractivity contribution in [1.29, 1.82) is 0 Å². The van der Waals surface area contributed by atoms with Crippen LogP contribution in [0.2, 0.25) is 0 Å². The fraction of sp³-hybridized carbons (Fsp3) is 0.400. The number of hydrogen-bond donors (Lipinski definition) is 1. The van der Waals surface area contributed by atoms with Crippen molar-refractivity contribution in [2.24, 2.45) is 0 Å². The molecule has 0 aromatic heterocycles. The summed E-state index contributed by atoms with van der Waals surface area (Å²) in [5.41, 5.74) is 0.810. The Labute approximate surface area is 85.1 Å². The molecule has 4 heteroatoms. The number of hydrogen-bond acceptors (Lipinski definition) is 3. The van der Waals surface area contributed by atoms with Gasteiger partial charge in [-0.15, -0.1) is 0 Å². The zero-order chi connectivity index (χ0) is 10.8. The molecule has 0 aromatic carbocycles. The van der Waals surface area contributed by atoms with E-state index in [-0.39, 0.29) is 11.8 Å². The highest BCUT2D eigenvalue weighted by Gasteiger charge is 2.33. The van der Waals surface area contributed by atoms with E-state index in [0.717, 1.165) is 5.57 Å². The van der Waals surface area contributed by atoms with Crippen molar-refractivity contribution in [3.63, 3.8) is 0 Å². The minimum Gasteiger partial charge on any atom is -0.312 e. The third kappa shape index (κ3) is 1.81. The standard InChI is InChI=1S/C10H15NO2S/c1-4-6-8-9(11-3)7-14(12,13)10(8)5-2/h4-6,9,11H,2,7H2,1,3H3/b6-4-/t9-/m0/s1. The first-order chi connectivity index (χ1) is 6.56. The van der Waals surface area contributed by atoms with E-state index < -0.39 is 9.84 Å². The van der Waals surface area contributed by atoms with Crippen LogP contribution in [0, 0.1) is 0 Å². The summed E-state index contributed by atoms with van der Waals surface area (Å²) in [6.07, 6.45) is 5.08. The van der Waals surface area contributed by atoms with Crippen LogP contribution in [0.3, 0.4) is 0 Å². The molecule has 0 amide bonds. The van der Waals surface area contributed by atoms with E-state index >= 15 is 0 Å². The summed E-state index contributed by atoms with van der Waals surface area (Å²) < 4.78 is 23.3. The molecule has 0 aromatic rings. The summed E-state index contributed by atoms with van der Waals surface area (Å²) in [6.45, 7) is 5.41. The zero-order valence-corrected chi connectivity index (χ0v) is 9.26. The van der Waals surface area contributed by atoms with E-state index in [1.807, 2.05) is 19.1 Å². The van der Waals surface area contributed by atoms with E-state index in [4.69, 9.17) is 0 Å². The van der Waals surface area contributed by atoms with E-state index in [1.165, 1.54) is 6.08 Å². The fourth-order valence-corrected chi connectivity index (χ4v) is 3.40. The molecule has 78 valence electrons. The smallest absolute Gasteiger partial charge is 0.180 e. The number of sulfone groups is 1. The van der Waals surface area contributed by atoms with Crippen molar-refractivity contribution in [2.45, 2.75) is 13.0 Å². The molecule has 1 atom stereocenters. The Morgan fingerprint density at radius 3 is 2.64 bits per heavy atom. The second-order valence-corrected chi connectivity index (χ2v) is 5.15. The highest BCUT2D eigenvalue weighted by molar-refractivity contribution is 7.95. The highest BCUT2D eigenvalue weighted by Crippen LogP contribution is 2.27. The van der Waals surface area contributed by atoms with Gasteiger partial charge in [-0.25, -0.2) is 8.42 Å². The van der Waals surface area contributed by atoms with Gasteiger partial charge in [-0.2, -0.15) is 0 Å². The minimum atomic E-state index is -3.12. The quantitative estimate of drug-likeness (QED) is 0.761. The molecular weight excluding hydrogens is 198 g/mol. The van der Waals surface area contributed by atoms with Crippen LogP contribution in [0.15, 0.2) is 35.3 Å². The Kier molecular flexibility index (Phi) is 3.29. The summed E-state index contributed by atoms with van der Waals surface area (Å²) in [6, 6.07) is -0.107. The van der Waals surface area contributed by atoms with Gasteiger partial charge in [0.2, 0.25) is 0 Å². The third-order valence-electron chi connectivity index (χ3n) is 2.26. The second kappa shape index (κ2) is 4.11. The molecule has 1 aliphatic rings. The lowest BCUT2D eigenvalue weighted by atomic mass is 10.1. The van der Waals surface area contributed by atoms with Crippen LogP contribution in [0.1, 0.15) is 6.92 Å². The minimum absolute atomic E-state index is 0.107. The monoisotopic (exact) mass is 213 g/mol. The number of allylic oxidation sites excluding steroid dienone is 2. The van der Waals surface area contributed by atoms with Gasteiger partial charge >= 0.3 is 0 Å². The van der Waals surface area contributed by atoms with E-state index in [9.17, 15) is 8.42 Å². The molecule has 0 radical (unpaired) electrons. The molecule has 0 saturated carbocycles. The molecule has 14 heavy (non-hydrogen) atoms. The number of rotatable bonds is 3. The van der Waals surface area contributed by atoms with Gasteiger partial charge < -0.3 is 5.32 Å². The molecule has 1 N–H and O–H groups in total. The predicted octanol–water partition coefficient (Wildman–Crippen LogP) is 1.02. The van der Waals surface area contributed by atoms with Crippen LogP contribution in [0.25, 0.3) is 0 Å². The molecule has 1 aliphatic heterocycles. The maximum Gasteiger partial charge on any atom is 0.180 e. The molecule has 1 rings (SSSR count). The summed E-state index contributed by atoms with van der Waals surface area (Å²) in [7, 11) is -1.36. The molecule has 0 unspecified atom stereocenters. The van der Waals surface area contributed by atoms with Crippen molar-refractivity contribution >= 4 is 9.84 Å². The van der Waals surface area contributed by atoms with Crippen LogP contribution in [0.4, 0.5) is 0 Å². The Morgan fingerprint density at radius 1 is 1.57 bits per heavy atom. The molecule has 1 heterocycles. The van der Waals surface area contributed by atoms with Gasteiger partial charge in [0.1, 0.15) is 0 Å². The Balaban J connectivity index is 3.29. The summed E-state index contributed by atoms with van der Waals surface area (Å²) in [4.78, 5) is 0.356. The van der Waals surface area contributed by atoms with E-state index in [1.54, 1.807) is 7.05 Å². The van der Waals surface area contributed by atoms with Crippen molar-refractivity contribution < 1.29 is 8.42 Å². The average molecular weight is 213 g/mol. The molecule has 0 saturated heterocycles. The fourth-order valence-electron chi connectivity index (χ4n) is 1.61. The third-order valence-corrected chi connectivity index (χ3v) is 4.11. The maximum absolute atomic E-state index is 11.6. The normalized spacial score (nSPS) is 26.0. The summed E-state index contributed by atoms with van der Waals surface area (Å²) >= 11 is 0. The van der Waals surface area contributed by atoms with E-state index in [0.29, 0.717) is 4.91 Å². The molecular formula is C10H15NO2S. The van der Waals surface area contributed by atoms with Crippen molar-refractivity contribution in [3.05, 3.63) is 35.3 Å². The van der Waals surface area contributed by atoms with Gasteiger partial charge in [0.25, 0.3) is 0 Å². The number of likely N-dealkylation sites (N-methyl/N-ethyl adjacent to an activating group) is 1. The van der Waals surface area contributed by atoms with E-state index in [2.05, 4.69) is 11.9 Å². The lowest BCUT2D eigenvalue weighted by molar-refractivity contribution is 0.598. The zero-order valence-electron chi connectivity index (χ0n) is 8.45. The topological polar surface area (TPSA) is 46.2 Å². The molecule has 3 nitrogen and oxygen atoms in total. The van der Waals surface area contributed by atoms with Gasteiger partial charge in [0.15, 0.2) is 9.84 Å². The van der Waals surface area contributed by atoms with Crippen LogP contribution < -0.4 is 5.32 Å². The first kappa shape index (κ1) is 11.2. The van der Waals surface area contributed by atoms with Crippen molar-refractivity contribution in [1.82, 2.24) is 5.32 Å². The average Bonchev–Trinajstić information content (AvgIpc) is 2.37. The Bertz CT molecular complexity index is 390. The molecule has 0 spiro atoms. The van der Waals surface area contributed by atoms with Gasteiger partial charge in [-0.1, -0.05) is 24.8 Å². The van der Waals surface area contributed by atoms with Crippen LogP contribution in [-0.4, -0.2) is 27.3 Å². The SMILES string of the molecule is C=CC1=C(/C=C\C)[C@@H](NC)CS1(=O)=O. The first-order valence-electron chi connectivity index (χ1n) is 4.46. The molecule has 0 aliphatic carbocycles. The predicted molar refractivity (Wildman–Crippen MR) is 58.7 cm³/mol. The van der Waals surface area contributed by atoms with Crippen molar-refractivity contribution in [3.8, 4) is 0 Å². The lowest BCUT2D eigenvalue weighted by Crippen LogP contribution is -2.28. The van der Waals surface area contributed by atoms with Crippen LogP contribution in [-0.2, 0) is 9.84 Å². The Hall–Kier alpha value is -0.870. The van der Waals surface area contributed by atoms with Crippen molar-refractivity contribution in [2.75, 3.05) is 12.8 Å². The molecule has 0 bridgehead atoms. The van der Waals surface area contributed by atoms with Gasteiger partial charge in [-0.05, 0) is 19.5 Å². The number of nitrogens with one attached hydrogen (secondary N) is 1. The van der Waals surface area contributed by atoms with Gasteiger partial charge in [0, 0.05) is 6.04 Å². The summed E-state index contributed by atoms with van der Waals surface area (Å²) in [5, 5.41) is 2.98. The lowest BCUT2D eigenvalue weighted by Gasteiger charge is -2.08. The largest absolute Gasteiger partial charge is 0.312 e. The van der Waals surface area contributed by atoms with Gasteiger partial charge in [0.05, 0.1) is 10.7 Å². The Morgan fingerprint density at radius 2 is 2.21 bits per heavy atom. The molecule has 0 fully saturated rings. The first-order valence-corrected chi connectivity index (χ1v) is 6.11. The van der Waals surface area contributed by atoms with Gasteiger partial charge in [-0.3, -0.25) is 0 Å². The highest BCUT2D eigenvalue weighted by atomic mass is 32.2. The summed E-state index contributed by atoms with van der Waals surface area (Å²) in [5.74, 6) is 0.129. The van der Waals surface area contributed by atoms with Crippen LogP contribution in [0.5, 0.6) is 0 Å². The maximum atomic E-state index is 11.6. The van der Waals surface area contributed by atoms with Crippen LogP contribution >= 0.6 is 0 Å².